The van der Waals surface area contributed by atoms with Gasteiger partial charge in [-0.25, -0.2) is 15.0 Å². The number of carbonyl (C=O) groups excluding carboxylic acids is 2. The first-order chi connectivity index (χ1) is 18.2. The lowest BCUT2D eigenvalue weighted by atomic mass is 10.1. The van der Waals surface area contributed by atoms with Crippen molar-refractivity contribution in [1.82, 2.24) is 34.9 Å². The summed E-state index contributed by atoms with van der Waals surface area (Å²) in [6.07, 6.45) is -5.00. The van der Waals surface area contributed by atoms with E-state index in [-0.39, 0.29) is 29.3 Å². The average Bonchev–Trinajstić information content (AvgIpc) is 3.56. The Morgan fingerprint density at radius 3 is 2.13 bits per heavy atom. The second kappa shape index (κ2) is 10.4. The predicted octanol–water partition coefficient (Wildman–Crippen LogP) is 3.58. The van der Waals surface area contributed by atoms with Gasteiger partial charge in [-0.2, -0.15) is 9.78 Å². The third-order valence-electron chi connectivity index (χ3n) is 5.41. The molecule has 0 aliphatic heterocycles. The highest BCUT2D eigenvalue weighted by Gasteiger charge is 2.35. The lowest BCUT2D eigenvalue weighted by Crippen LogP contribution is -2.30. The van der Waals surface area contributed by atoms with E-state index in [0.717, 1.165) is 19.2 Å². The normalized spacial score (nSPS) is 14.5. The summed E-state index contributed by atoms with van der Waals surface area (Å²) in [5.74, 6) is -3.32. The molecule has 2 aromatic heterocycles. The van der Waals surface area contributed by atoms with Gasteiger partial charge in [-0.15, -0.1) is 26.3 Å². The predicted molar refractivity (Wildman–Crippen MR) is 118 cm³/mol. The summed E-state index contributed by atoms with van der Waals surface area (Å²) >= 11 is 0. The van der Waals surface area contributed by atoms with Crippen LogP contribution in [0.5, 0.6) is 11.5 Å². The fourth-order valence-electron chi connectivity index (χ4n) is 3.50. The molecule has 1 fully saturated rings. The van der Waals surface area contributed by atoms with Crippen LogP contribution in [-0.2, 0) is 0 Å². The second-order valence-corrected chi connectivity index (χ2v) is 8.42. The zero-order valence-electron chi connectivity index (χ0n) is 20.1. The van der Waals surface area contributed by atoms with Gasteiger partial charge >= 0.3 is 12.7 Å². The van der Waals surface area contributed by atoms with E-state index in [4.69, 9.17) is 0 Å². The molecule has 2 heterocycles. The molecule has 0 bridgehead atoms. The Balaban J connectivity index is 1.52. The van der Waals surface area contributed by atoms with Crippen LogP contribution >= 0.6 is 0 Å². The number of hydrogen-bond acceptors (Lipinski definition) is 8. The van der Waals surface area contributed by atoms with Gasteiger partial charge in [0.1, 0.15) is 23.5 Å². The minimum absolute atomic E-state index is 0.0984. The summed E-state index contributed by atoms with van der Waals surface area (Å²) < 4.78 is 84.5. The molecule has 4 rings (SSSR count). The molecule has 3 aromatic rings. The van der Waals surface area contributed by atoms with Crippen LogP contribution in [-0.4, -0.2) is 67.3 Å². The van der Waals surface area contributed by atoms with Gasteiger partial charge in [-0.3, -0.25) is 9.59 Å². The molecule has 0 radical (unpaired) electrons. The highest BCUT2D eigenvalue weighted by atomic mass is 19.4. The Morgan fingerprint density at radius 2 is 1.62 bits per heavy atom. The smallest absolute Gasteiger partial charge is 0.406 e. The number of amides is 2. The number of alkyl halides is 6. The quantitative estimate of drug-likeness (QED) is 0.416. The van der Waals surface area contributed by atoms with E-state index in [1.807, 2.05) is 0 Å². The Bertz CT molecular complexity index is 1320. The topological polar surface area (TPSA) is 124 Å². The van der Waals surface area contributed by atoms with Gasteiger partial charge in [0.25, 0.3) is 11.8 Å². The third-order valence-corrected chi connectivity index (χ3v) is 5.41. The van der Waals surface area contributed by atoms with Crippen LogP contribution in [0.1, 0.15) is 52.5 Å². The fraction of sp³-hybridized carbons (Fsp3) is 0.364. The fourth-order valence-corrected chi connectivity index (χ4v) is 3.50. The van der Waals surface area contributed by atoms with E-state index >= 15 is 0 Å². The lowest BCUT2D eigenvalue weighted by Gasteiger charge is -2.17. The summed E-state index contributed by atoms with van der Waals surface area (Å²) in [5, 5.41) is 6.42. The molecule has 39 heavy (non-hydrogen) atoms. The number of aromatic nitrogens is 5. The average molecular weight is 559 g/mol. The van der Waals surface area contributed by atoms with E-state index in [1.54, 1.807) is 11.9 Å². The Hall–Kier alpha value is -4.44. The number of nitrogens with zero attached hydrogens (tertiary/aromatic N) is 6. The molecule has 0 spiro atoms. The molecule has 1 saturated carbocycles. The number of hydrogen-bond donors (Lipinski definition) is 1. The first-order valence-corrected chi connectivity index (χ1v) is 11.2. The number of ether oxygens (including phenoxy) is 2. The highest BCUT2D eigenvalue weighted by Crippen LogP contribution is 2.31. The van der Waals surface area contributed by atoms with Gasteiger partial charge < -0.3 is 19.7 Å². The number of carbonyl (C=O) groups is 2. The molecule has 0 unspecified atom stereocenters. The zero-order valence-corrected chi connectivity index (χ0v) is 20.1. The SMILES string of the molecule is C[C@H](NC(=O)c1cc(OC(F)(F)F)cc(OC(F)(F)F)c1)c1ncnn1-c1cnc(C(=O)N(C)C2CC2)cn1. The lowest BCUT2D eigenvalue weighted by molar-refractivity contribution is -0.276. The number of nitrogens with one attached hydrogen (secondary N) is 1. The summed E-state index contributed by atoms with van der Waals surface area (Å²) in [6.45, 7) is 1.44. The van der Waals surface area contributed by atoms with Crippen LogP contribution in [0.15, 0.2) is 36.9 Å². The molecule has 1 N–H and O–H groups in total. The first kappa shape index (κ1) is 27.6. The number of halogens is 6. The van der Waals surface area contributed by atoms with Gasteiger partial charge in [0.05, 0.1) is 18.4 Å². The van der Waals surface area contributed by atoms with Crippen molar-refractivity contribution in [1.29, 1.82) is 0 Å². The maximum Gasteiger partial charge on any atom is 0.573 e. The summed E-state index contributed by atoms with van der Waals surface area (Å²) in [5.41, 5.74) is -0.509. The van der Waals surface area contributed by atoms with E-state index < -0.39 is 41.7 Å². The van der Waals surface area contributed by atoms with E-state index in [2.05, 4.69) is 34.8 Å². The molecule has 2 amide bonds. The van der Waals surface area contributed by atoms with Crippen molar-refractivity contribution in [3.8, 4) is 17.3 Å². The number of rotatable bonds is 8. The Kier molecular flexibility index (Phi) is 7.34. The van der Waals surface area contributed by atoms with Gasteiger partial charge in [0.15, 0.2) is 11.6 Å². The molecule has 11 nitrogen and oxygen atoms in total. The molecule has 0 saturated heterocycles. The van der Waals surface area contributed by atoms with Gasteiger partial charge in [-0.1, -0.05) is 0 Å². The van der Waals surface area contributed by atoms with Crippen molar-refractivity contribution in [2.75, 3.05) is 7.05 Å². The third kappa shape index (κ3) is 7.11. The maximum atomic E-state index is 12.8. The molecule has 1 atom stereocenters. The standard InChI is InChI=1S/C22H19F6N7O4/c1-11(33-19(36)12-5-14(38-21(23,24)25)7-15(6-12)39-22(26,27)28)18-31-10-32-35(18)17-9-29-16(8-30-17)20(37)34(2)13-3-4-13/h5-11,13H,3-4H2,1-2H3,(H,33,36)/t11-/m0/s1. The van der Waals surface area contributed by atoms with Crippen LogP contribution in [0.2, 0.25) is 0 Å². The minimum Gasteiger partial charge on any atom is -0.406 e. The van der Waals surface area contributed by atoms with Crippen molar-refractivity contribution < 1.29 is 45.4 Å². The molecule has 208 valence electrons. The monoisotopic (exact) mass is 559 g/mol. The molecular weight excluding hydrogens is 540 g/mol. The van der Waals surface area contributed by atoms with Crippen molar-refractivity contribution in [2.45, 2.75) is 44.6 Å². The van der Waals surface area contributed by atoms with Crippen LogP contribution < -0.4 is 14.8 Å². The van der Waals surface area contributed by atoms with Gasteiger partial charge in [0, 0.05) is 24.7 Å². The highest BCUT2D eigenvalue weighted by molar-refractivity contribution is 5.95. The van der Waals surface area contributed by atoms with Crippen molar-refractivity contribution in [3.63, 3.8) is 0 Å². The molecule has 17 heteroatoms. The van der Waals surface area contributed by atoms with Crippen molar-refractivity contribution in [2.24, 2.45) is 0 Å². The Morgan fingerprint density at radius 1 is 1.00 bits per heavy atom. The second-order valence-electron chi connectivity index (χ2n) is 8.42. The van der Waals surface area contributed by atoms with Crippen LogP contribution in [0.3, 0.4) is 0 Å². The molecule has 1 aromatic carbocycles. The van der Waals surface area contributed by atoms with Crippen LogP contribution in [0.25, 0.3) is 5.82 Å². The van der Waals surface area contributed by atoms with Gasteiger partial charge in [-0.05, 0) is 31.9 Å². The van der Waals surface area contributed by atoms with E-state index in [1.165, 1.54) is 24.0 Å². The van der Waals surface area contributed by atoms with Crippen molar-refractivity contribution >= 4 is 11.8 Å². The maximum absolute atomic E-state index is 12.8. The van der Waals surface area contributed by atoms with E-state index in [9.17, 15) is 35.9 Å². The largest absolute Gasteiger partial charge is 0.573 e. The zero-order chi connectivity index (χ0) is 28.5. The van der Waals surface area contributed by atoms with E-state index in [0.29, 0.717) is 18.2 Å². The summed E-state index contributed by atoms with van der Waals surface area (Å²) in [7, 11) is 1.67. The summed E-state index contributed by atoms with van der Waals surface area (Å²) in [6, 6.07) is 0.741. The molecule has 1 aliphatic rings. The summed E-state index contributed by atoms with van der Waals surface area (Å²) in [4.78, 5) is 39.1. The molecular formula is C22H19F6N7O4. The number of benzene rings is 1. The first-order valence-electron chi connectivity index (χ1n) is 11.2. The van der Waals surface area contributed by atoms with Crippen molar-refractivity contribution in [3.05, 3.63) is 54.0 Å². The molecule has 1 aliphatic carbocycles. The van der Waals surface area contributed by atoms with Crippen LogP contribution in [0, 0.1) is 0 Å². The Labute approximate surface area is 215 Å². The van der Waals surface area contributed by atoms with Gasteiger partial charge in [0.2, 0.25) is 0 Å². The van der Waals surface area contributed by atoms with Crippen LogP contribution in [0.4, 0.5) is 26.3 Å². The minimum atomic E-state index is -5.23.